The van der Waals surface area contributed by atoms with Crippen molar-refractivity contribution in [2.24, 2.45) is 0 Å². The van der Waals surface area contributed by atoms with Gasteiger partial charge in [0, 0.05) is 22.6 Å². The summed E-state index contributed by atoms with van der Waals surface area (Å²) in [6, 6.07) is 5.48. The second kappa shape index (κ2) is 7.91. The third-order valence-corrected chi connectivity index (χ3v) is 5.58. The van der Waals surface area contributed by atoms with Crippen LogP contribution in [-0.2, 0) is 19.4 Å². The van der Waals surface area contributed by atoms with Gasteiger partial charge in [0.05, 0.1) is 30.7 Å². The van der Waals surface area contributed by atoms with Gasteiger partial charge in [-0.15, -0.1) is 0 Å². The lowest BCUT2D eigenvalue weighted by atomic mass is 9.96. The van der Waals surface area contributed by atoms with Crippen LogP contribution in [0.3, 0.4) is 0 Å². The zero-order valence-electron chi connectivity index (χ0n) is 16.7. The molecule has 0 atom stereocenters. The van der Waals surface area contributed by atoms with Crippen LogP contribution in [0.5, 0.6) is 5.75 Å². The first-order valence-electron chi connectivity index (χ1n) is 9.63. The normalized spacial score (nSPS) is 13.2. The van der Waals surface area contributed by atoms with Crippen LogP contribution in [0.2, 0.25) is 5.02 Å². The molecule has 1 N–H and O–H groups in total. The molecule has 2 heterocycles. The number of methoxy groups -OCH3 is 1. The lowest BCUT2D eigenvalue weighted by molar-refractivity contribution is 0.101. The molecule has 4 rings (SSSR count). The molecule has 152 valence electrons. The number of carbonyl (C=O) groups is 1. The molecule has 0 spiro atoms. The van der Waals surface area contributed by atoms with E-state index in [-0.39, 0.29) is 5.91 Å². The van der Waals surface area contributed by atoms with E-state index in [4.69, 9.17) is 20.9 Å². The van der Waals surface area contributed by atoms with Gasteiger partial charge in [0.15, 0.2) is 5.69 Å². The van der Waals surface area contributed by atoms with Crippen LogP contribution in [0.1, 0.15) is 51.6 Å². The number of nitrogens with zero attached hydrogens (tertiary/aromatic N) is 3. The maximum Gasteiger partial charge on any atom is 0.278 e. The Morgan fingerprint density at radius 3 is 2.90 bits per heavy atom. The Morgan fingerprint density at radius 1 is 1.31 bits per heavy atom. The summed E-state index contributed by atoms with van der Waals surface area (Å²) in [5.74, 6) is 1.31. The fourth-order valence-corrected chi connectivity index (χ4v) is 3.99. The number of ether oxygens (including phenoxy) is 1. The van der Waals surface area contributed by atoms with Gasteiger partial charge in [-0.05, 0) is 51.3 Å². The van der Waals surface area contributed by atoms with Gasteiger partial charge in [0.25, 0.3) is 5.91 Å². The standard InChI is InChI=1S/C21H23ClN4O3/c1-12-19(23-21(27)20-16-6-4-5-7-18(16)29-25-20)13(2)26(24-12)11-14-10-15(22)8-9-17(14)28-3/h8-10H,4-7,11H2,1-3H3,(H,23,27). The number of halogens is 1. The first-order valence-corrected chi connectivity index (χ1v) is 10.0. The molecule has 3 aromatic rings. The Hall–Kier alpha value is -2.80. The molecule has 1 aliphatic carbocycles. The van der Waals surface area contributed by atoms with Crippen molar-refractivity contribution < 1.29 is 14.1 Å². The third-order valence-electron chi connectivity index (χ3n) is 5.35. The second-order valence-electron chi connectivity index (χ2n) is 7.25. The number of hydrogen-bond donors (Lipinski definition) is 1. The zero-order chi connectivity index (χ0) is 20.5. The molecule has 0 saturated heterocycles. The highest BCUT2D eigenvalue weighted by atomic mass is 35.5. The number of carbonyl (C=O) groups excluding carboxylic acids is 1. The van der Waals surface area contributed by atoms with Gasteiger partial charge in [0.2, 0.25) is 0 Å². The summed E-state index contributed by atoms with van der Waals surface area (Å²) < 4.78 is 12.6. The molecule has 0 radical (unpaired) electrons. The summed E-state index contributed by atoms with van der Waals surface area (Å²) in [7, 11) is 1.62. The molecule has 0 unspecified atom stereocenters. The van der Waals surface area contributed by atoms with Crippen LogP contribution < -0.4 is 10.1 Å². The van der Waals surface area contributed by atoms with Crippen molar-refractivity contribution >= 4 is 23.2 Å². The fraction of sp³-hybridized carbons (Fsp3) is 0.381. The number of nitrogens with one attached hydrogen (secondary N) is 1. The molecular formula is C21H23ClN4O3. The smallest absolute Gasteiger partial charge is 0.278 e. The van der Waals surface area contributed by atoms with Crippen molar-refractivity contribution in [3.63, 3.8) is 0 Å². The van der Waals surface area contributed by atoms with Crippen molar-refractivity contribution in [1.82, 2.24) is 14.9 Å². The molecule has 1 aliphatic rings. The second-order valence-corrected chi connectivity index (χ2v) is 7.69. The number of amides is 1. The molecule has 0 aliphatic heterocycles. The average molecular weight is 415 g/mol. The summed E-state index contributed by atoms with van der Waals surface area (Å²) in [5, 5.41) is 12.2. The van der Waals surface area contributed by atoms with Gasteiger partial charge in [-0.25, -0.2) is 0 Å². The number of fused-ring (bicyclic) bond motifs is 1. The van der Waals surface area contributed by atoms with Crippen LogP contribution in [0, 0.1) is 13.8 Å². The molecular weight excluding hydrogens is 392 g/mol. The van der Waals surface area contributed by atoms with Gasteiger partial charge in [-0.2, -0.15) is 5.10 Å². The van der Waals surface area contributed by atoms with E-state index in [0.29, 0.717) is 22.9 Å². The molecule has 2 aromatic heterocycles. The first-order chi connectivity index (χ1) is 14.0. The molecule has 8 heteroatoms. The summed E-state index contributed by atoms with van der Waals surface area (Å²) in [6.45, 7) is 4.27. The van der Waals surface area contributed by atoms with Crippen LogP contribution in [0.25, 0.3) is 0 Å². The van der Waals surface area contributed by atoms with E-state index in [1.165, 1.54) is 0 Å². The number of hydrogen-bond acceptors (Lipinski definition) is 5. The van der Waals surface area contributed by atoms with Crippen molar-refractivity contribution in [3.8, 4) is 5.75 Å². The van der Waals surface area contributed by atoms with E-state index in [1.807, 2.05) is 30.7 Å². The summed E-state index contributed by atoms with van der Waals surface area (Å²) >= 11 is 6.14. The molecule has 0 fully saturated rings. The topological polar surface area (TPSA) is 82.2 Å². The van der Waals surface area contributed by atoms with E-state index in [0.717, 1.165) is 59.7 Å². The summed E-state index contributed by atoms with van der Waals surface area (Å²) in [6.07, 6.45) is 3.79. The molecule has 0 bridgehead atoms. The first kappa shape index (κ1) is 19.5. The number of anilines is 1. The largest absolute Gasteiger partial charge is 0.496 e. The molecule has 1 aromatic carbocycles. The highest BCUT2D eigenvalue weighted by molar-refractivity contribution is 6.30. The fourth-order valence-electron chi connectivity index (χ4n) is 3.80. The minimum atomic E-state index is -0.261. The Kier molecular flexibility index (Phi) is 5.32. The minimum Gasteiger partial charge on any atom is -0.496 e. The number of aromatic nitrogens is 3. The van der Waals surface area contributed by atoms with Crippen molar-refractivity contribution in [2.75, 3.05) is 12.4 Å². The lowest BCUT2D eigenvalue weighted by Gasteiger charge is -2.11. The number of rotatable bonds is 5. The predicted molar refractivity (Wildman–Crippen MR) is 110 cm³/mol. The van der Waals surface area contributed by atoms with E-state index >= 15 is 0 Å². The maximum absolute atomic E-state index is 12.9. The van der Waals surface area contributed by atoms with Crippen LogP contribution >= 0.6 is 11.6 Å². The van der Waals surface area contributed by atoms with E-state index in [9.17, 15) is 4.79 Å². The number of aryl methyl sites for hydroxylation is 2. The average Bonchev–Trinajstić information content (AvgIpc) is 3.25. The Labute approximate surface area is 174 Å². The maximum atomic E-state index is 12.9. The lowest BCUT2D eigenvalue weighted by Crippen LogP contribution is -2.16. The summed E-state index contributed by atoms with van der Waals surface area (Å²) in [5.41, 5.74) is 4.48. The van der Waals surface area contributed by atoms with Crippen LogP contribution in [0.15, 0.2) is 22.7 Å². The van der Waals surface area contributed by atoms with Gasteiger partial charge in [0.1, 0.15) is 11.5 Å². The van der Waals surface area contributed by atoms with Crippen molar-refractivity contribution in [1.29, 1.82) is 0 Å². The SMILES string of the molecule is COc1ccc(Cl)cc1Cn1nc(C)c(NC(=O)c2noc3c2CCCC3)c1C. The quantitative estimate of drug-likeness (QED) is 0.671. The van der Waals surface area contributed by atoms with E-state index in [1.54, 1.807) is 13.2 Å². The molecule has 7 nitrogen and oxygen atoms in total. The van der Waals surface area contributed by atoms with Crippen molar-refractivity contribution in [2.45, 2.75) is 46.1 Å². The van der Waals surface area contributed by atoms with Gasteiger partial charge < -0.3 is 14.6 Å². The highest BCUT2D eigenvalue weighted by Gasteiger charge is 2.25. The monoisotopic (exact) mass is 414 g/mol. The van der Waals surface area contributed by atoms with Gasteiger partial charge in [-0.1, -0.05) is 16.8 Å². The zero-order valence-corrected chi connectivity index (χ0v) is 17.5. The molecule has 0 saturated carbocycles. The van der Waals surface area contributed by atoms with E-state index in [2.05, 4.69) is 15.6 Å². The third kappa shape index (κ3) is 3.74. The van der Waals surface area contributed by atoms with Crippen LogP contribution in [-0.4, -0.2) is 28.0 Å². The summed E-state index contributed by atoms with van der Waals surface area (Å²) in [4.78, 5) is 12.9. The van der Waals surface area contributed by atoms with E-state index < -0.39 is 0 Å². The van der Waals surface area contributed by atoms with Gasteiger partial charge >= 0.3 is 0 Å². The number of benzene rings is 1. The van der Waals surface area contributed by atoms with Crippen molar-refractivity contribution in [3.05, 3.63) is 57.2 Å². The molecule has 29 heavy (non-hydrogen) atoms. The molecule has 1 amide bonds. The van der Waals surface area contributed by atoms with Gasteiger partial charge in [-0.3, -0.25) is 9.48 Å². The predicted octanol–water partition coefficient (Wildman–Crippen LogP) is 4.33. The Morgan fingerprint density at radius 2 is 2.10 bits per heavy atom. The Bertz CT molecular complexity index is 1070. The highest BCUT2D eigenvalue weighted by Crippen LogP contribution is 2.28. The van der Waals surface area contributed by atoms with Crippen LogP contribution in [0.4, 0.5) is 5.69 Å². The minimum absolute atomic E-state index is 0.261. The Balaban J connectivity index is 1.59.